The van der Waals surface area contributed by atoms with E-state index in [4.69, 9.17) is 9.47 Å². The van der Waals surface area contributed by atoms with Crippen LogP contribution in [0, 0.1) is 0 Å². The molecule has 0 aromatic heterocycles. The lowest BCUT2D eigenvalue weighted by Gasteiger charge is -2.16. The van der Waals surface area contributed by atoms with Gasteiger partial charge in [0.05, 0.1) is 16.1 Å². The van der Waals surface area contributed by atoms with Crippen LogP contribution in [0.25, 0.3) is 0 Å². The van der Waals surface area contributed by atoms with Crippen LogP contribution in [0.4, 0.5) is 0 Å². The summed E-state index contributed by atoms with van der Waals surface area (Å²) in [6.07, 6.45) is 4.32. The minimum Gasteiger partial charge on any atom is -0.348 e. The average molecular weight is 314 g/mol. The van der Waals surface area contributed by atoms with Crippen LogP contribution in [-0.2, 0) is 9.47 Å². The lowest BCUT2D eigenvalue weighted by molar-refractivity contribution is -0.138. The second-order valence-electron chi connectivity index (χ2n) is 3.52. The van der Waals surface area contributed by atoms with Gasteiger partial charge in [0.15, 0.2) is 5.79 Å². The number of halogens is 2. The van der Waals surface area contributed by atoms with Gasteiger partial charge in [-0.1, -0.05) is 6.08 Å². The van der Waals surface area contributed by atoms with Gasteiger partial charge in [-0.25, -0.2) is 0 Å². The van der Waals surface area contributed by atoms with Crippen LogP contribution in [0.2, 0.25) is 0 Å². The van der Waals surface area contributed by atoms with Crippen molar-refractivity contribution in [3.05, 3.63) is 9.47 Å². The third-order valence-corrected chi connectivity index (χ3v) is 2.50. The molecule has 1 atom stereocenters. The summed E-state index contributed by atoms with van der Waals surface area (Å²) in [4.78, 5) is 0. The van der Waals surface area contributed by atoms with Crippen molar-refractivity contribution in [1.29, 1.82) is 0 Å². The van der Waals surface area contributed by atoms with Crippen LogP contribution < -0.4 is 0 Å². The van der Waals surface area contributed by atoms with Crippen LogP contribution in [0.1, 0.15) is 26.7 Å². The number of allylic oxidation sites excluding steroid dienone is 1. The fourth-order valence-electron chi connectivity index (χ4n) is 1.28. The van der Waals surface area contributed by atoms with E-state index in [1.165, 1.54) is 0 Å². The highest BCUT2D eigenvalue weighted by atomic mass is 79.9. The van der Waals surface area contributed by atoms with E-state index in [1.54, 1.807) is 0 Å². The SMILES string of the molecule is CC1(C)OC[C@@H](CCC=C(Br)Br)O1. The van der Waals surface area contributed by atoms with E-state index in [-0.39, 0.29) is 11.9 Å². The predicted molar refractivity (Wildman–Crippen MR) is 60.1 cm³/mol. The van der Waals surface area contributed by atoms with Crippen molar-refractivity contribution in [1.82, 2.24) is 0 Å². The average Bonchev–Trinajstić information content (AvgIpc) is 2.29. The molecule has 0 aliphatic carbocycles. The Kier molecular flexibility index (Phi) is 4.42. The summed E-state index contributed by atoms with van der Waals surface area (Å²) in [7, 11) is 0. The molecule has 0 aromatic carbocycles. The van der Waals surface area contributed by atoms with Crippen LogP contribution in [0.3, 0.4) is 0 Å². The van der Waals surface area contributed by atoms with Gasteiger partial charge < -0.3 is 9.47 Å². The molecule has 0 amide bonds. The molecule has 0 spiro atoms. The first kappa shape index (κ1) is 11.7. The van der Waals surface area contributed by atoms with Gasteiger partial charge >= 0.3 is 0 Å². The maximum Gasteiger partial charge on any atom is 0.163 e. The van der Waals surface area contributed by atoms with E-state index in [9.17, 15) is 0 Å². The lowest BCUT2D eigenvalue weighted by atomic mass is 10.2. The van der Waals surface area contributed by atoms with Gasteiger partial charge in [-0.05, 0) is 58.5 Å². The van der Waals surface area contributed by atoms with Crippen LogP contribution in [0.5, 0.6) is 0 Å². The second kappa shape index (κ2) is 4.91. The summed E-state index contributed by atoms with van der Waals surface area (Å²) >= 11 is 6.62. The zero-order valence-electron chi connectivity index (χ0n) is 7.85. The highest BCUT2D eigenvalue weighted by molar-refractivity contribution is 9.28. The summed E-state index contributed by atoms with van der Waals surface area (Å²) in [6, 6.07) is 0. The van der Waals surface area contributed by atoms with E-state index < -0.39 is 0 Å². The number of hydrogen-bond acceptors (Lipinski definition) is 2. The molecule has 0 saturated carbocycles. The van der Waals surface area contributed by atoms with Crippen LogP contribution in [0.15, 0.2) is 9.47 Å². The van der Waals surface area contributed by atoms with Crippen molar-refractivity contribution < 1.29 is 9.47 Å². The minimum atomic E-state index is -0.389. The Balaban J connectivity index is 2.22. The first-order valence-electron chi connectivity index (χ1n) is 4.32. The molecule has 4 heteroatoms. The molecule has 76 valence electrons. The van der Waals surface area contributed by atoms with Gasteiger partial charge in [0.25, 0.3) is 0 Å². The van der Waals surface area contributed by atoms with Gasteiger partial charge in [0, 0.05) is 0 Å². The number of ether oxygens (including phenoxy) is 2. The van der Waals surface area contributed by atoms with Gasteiger partial charge in [-0.15, -0.1) is 0 Å². The molecule has 0 radical (unpaired) electrons. The van der Waals surface area contributed by atoms with E-state index in [2.05, 4.69) is 37.9 Å². The molecule has 0 bridgehead atoms. The van der Waals surface area contributed by atoms with Gasteiger partial charge in [-0.2, -0.15) is 0 Å². The minimum absolute atomic E-state index is 0.241. The van der Waals surface area contributed by atoms with E-state index in [0.29, 0.717) is 6.61 Å². The summed E-state index contributed by atoms with van der Waals surface area (Å²) in [5.74, 6) is -0.389. The molecular formula is C9H14Br2O2. The number of rotatable bonds is 3. The molecule has 1 aliphatic heterocycles. The standard InChI is InChI=1S/C9H14Br2O2/c1-9(2)12-6-7(13-9)4-3-5-8(10)11/h5,7H,3-4,6H2,1-2H3/t7-/m1/s1. The zero-order chi connectivity index (χ0) is 9.90. The van der Waals surface area contributed by atoms with Crippen molar-refractivity contribution in [3.63, 3.8) is 0 Å². The van der Waals surface area contributed by atoms with Gasteiger partial charge in [0.2, 0.25) is 0 Å². The molecule has 1 saturated heterocycles. The molecular weight excluding hydrogens is 300 g/mol. The van der Waals surface area contributed by atoms with Crippen molar-refractivity contribution in [3.8, 4) is 0 Å². The summed E-state index contributed by atoms with van der Waals surface area (Å²) < 4.78 is 12.1. The zero-order valence-corrected chi connectivity index (χ0v) is 11.0. The lowest BCUT2D eigenvalue weighted by Crippen LogP contribution is -2.21. The summed E-state index contributed by atoms with van der Waals surface area (Å²) in [5.41, 5.74) is 0. The van der Waals surface area contributed by atoms with E-state index in [0.717, 1.165) is 16.2 Å². The van der Waals surface area contributed by atoms with Crippen molar-refractivity contribution in [2.45, 2.75) is 38.6 Å². The maximum atomic E-state index is 5.65. The fourth-order valence-corrected chi connectivity index (χ4v) is 1.74. The maximum absolute atomic E-state index is 5.65. The highest BCUT2D eigenvalue weighted by Gasteiger charge is 2.31. The largest absolute Gasteiger partial charge is 0.348 e. The molecule has 0 N–H and O–H groups in total. The van der Waals surface area contributed by atoms with Gasteiger partial charge in [0.1, 0.15) is 0 Å². The molecule has 1 aliphatic rings. The third kappa shape index (κ3) is 4.58. The first-order valence-corrected chi connectivity index (χ1v) is 5.91. The van der Waals surface area contributed by atoms with Crippen molar-refractivity contribution >= 4 is 31.9 Å². The third-order valence-electron chi connectivity index (χ3n) is 1.85. The van der Waals surface area contributed by atoms with E-state index in [1.807, 2.05) is 13.8 Å². The smallest absolute Gasteiger partial charge is 0.163 e. The second-order valence-corrected chi connectivity index (χ2v) is 6.29. The predicted octanol–water partition coefficient (Wildman–Crippen LogP) is 3.55. The van der Waals surface area contributed by atoms with E-state index >= 15 is 0 Å². The normalized spacial score (nSPS) is 26.0. The van der Waals surface area contributed by atoms with Crippen LogP contribution in [-0.4, -0.2) is 18.5 Å². The Bertz CT molecular complexity index is 198. The van der Waals surface area contributed by atoms with Crippen molar-refractivity contribution in [2.24, 2.45) is 0 Å². The molecule has 0 unspecified atom stereocenters. The summed E-state index contributed by atoms with van der Waals surface area (Å²) in [5, 5.41) is 0. The molecule has 2 nitrogen and oxygen atoms in total. The topological polar surface area (TPSA) is 18.5 Å². The molecule has 1 rings (SSSR count). The Hall–Kier alpha value is 0.620. The fraction of sp³-hybridized carbons (Fsp3) is 0.778. The van der Waals surface area contributed by atoms with Crippen molar-refractivity contribution in [2.75, 3.05) is 6.61 Å². The highest BCUT2D eigenvalue weighted by Crippen LogP contribution is 2.25. The van der Waals surface area contributed by atoms with Gasteiger partial charge in [-0.3, -0.25) is 0 Å². The number of hydrogen-bond donors (Lipinski definition) is 0. The Morgan fingerprint density at radius 2 is 2.23 bits per heavy atom. The molecule has 1 fully saturated rings. The Morgan fingerprint density at radius 1 is 1.54 bits per heavy atom. The quantitative estimate of drug-likeness (QED) is 0.793. The van der Waals surface area contributed by atoms with Crippen LogP contribution >= 0.6 is 31.9 Å². The molecule has 13 heavy (non-hydrogen) atoms. The molecule has 0 aromatic rings. The summed E-state index contributed by atoms with van der Waals surface area (Å²) in [6.45, 7) is 4.60. The Labute approximate surface area is 95.9 Å². The molecule has 1 heterocycles. The first-order chi connectivity index (χ1) is 5.99. The monoisotopic (exact) mass is 312 g/mol. The Morgan fingerprint density at radius 3 is 2.69 bits per heavy atom.